The number of allylic oxidation sites excluding steroid dienone is 13. The summed E-state index contributed by atoms with van der Waals surface area (Å²) in [5.74, 6) is -0.201. The number of ether oxygens (including phenoxy) is 3. The number of nitrogens with one attached hydrogen (secondary N) is 1. The maximum Gasteiger partial charge on any atom is 0.305 e. The number of unbranched alkanes of at least 4 members (excludes halogenated alkanes) is 39. The molecule has 1 heterocycles. The van der Waals surface area contributed by atoms with E-state index in [2.05, 4.69) is 92.1 Å². The lowest BCUT2D eigenvalue weighted by Gasteiger charge is -2.40. The van der Waals surface area contributed by atoms with Gasteiger partial charge in [-0.05, 0) is 116 Å². The summed E-state index contributed by atoms with van der Waals surface area (Å²) in [5, 5.41) is 54.3. The van der Waals surface area contributed by atoms with Crippen LogP contribution < -0.4 is 5.32 Å². The smallest absolute Gasteiger partial charge is 0.305 e. The molecule has 1 rings (SSSR count). The third-order valence-electron chi connectivity index (χ3n) is 17.2. The van der Waals surface area contributed by atoms with Crippen LogP contribution in [0, 0.1) is 0 Å². The fraction of sp³-hybridized carbons (Fsp3) is 0.795. The second-order valence-electron chi connectivity index (χ2n) is 25.6. The Morgan fingerprint density at radius 3 is 1.22 bits per heavy atom. The predicted molar refractivity (Wildman–Crippen MR) is 375 cm³/mol. The second kappa shape index (κ2) is 66.3. The van der Waals surface area contributed by atoms with Crippen LogP contribution in [0.25, 0.3) is 0 Å². The minimum Gasteiger partial charge on any atom is -0.466 e. The summed E-state index contributed by atoms with van der Waals surface area (Å²) >= 11 is 0. The Morgan fingerprint density at radius 1 is 0.427 bits per heavy atom. The Morgan fingerprint density at radius 2 is 0.798 bits per heavy atom. The molecule has 0 aliphatic carbocycles. The highest BCUT2D eigenvalue weighted by molar-refractivity contribution is 5.76. The normalized spacial score (nSPS) is 18.2. The summed E-state index contributed by atoms with van der Waals surface area (Å²) in [4.78, 5) is 25.1. The Labute approximate surface area is 546 Å². The molecule has 7 atom stereocenters. The molecule has 516 valence electrons. The Hall–Kier alpha value is -3.16. The van der Waals surface area contributed by atoms with Gasteiger partial charge in [-0.1, -0.05) is 292 Å². The zero-order valence-electron chi connectivity index (χ0n) is 57.4. The number of carbonyl (C=O) groups is 2. The van der Waals surface area contributed by atoms with Crippen LogP contribution in [0.15, 0.2) is 85.1 Å². The molecule has 1 amide bonds. The van der Waals surface area contributed by atoms with Gasteiger partial charge in [0, 0.05) is 12.8 Å². The van der Waals surface area contributed by atoms with Crippen molar-refractivity contribution in [2.75, 3.05) is 19.8 Å². The molecule has 11 heteroatoms. The van der Waals surface area contributed by atoms with Gasteiger partial charge >= 0.3 is 5.97 Å². The minimum absolute atomic E-state index is 0.00426. The van der Waals surface area contributed by atoms with Gasteiger partial charge in [0.05, 0.1) is 32.0 Å². The zero-order valence-corrected chi connectivity index (χ0v) is 57.4. The number of hydrogen-bond donors (Lipinski definition) is 6. The highest BCUT2D eigenvalue weighted by Gasteiger charge is 2.44. The first-order valence-electron chi connectivity index (χ1n) is 37.4. The van der Waals surface area contributed by atoms with Crippen LogP contribution in [0.1, 0.15) is 335 Å². The second-order valence-corrected chi connectivity index (χ2v) is 25.6. The summed E-state index contributed by atoms with van der Waals surface area (Å²) in [5.41, 5.74) is 0. The maximum absolute atomic E-state index is 13.0. The van der Waals surface area contributed by atoms with Crippen LogP contribution in [0.5, 0.6) is 0 Å². The Bertz CT molecular complexity index is 1760. The molecule has 0 bridgehead atoms. The lowest BCUT2D eigenvalue weighted by atomic mass is 9.99. The topological polar surface area (TPSA) is 175 Å². The van der Waals surface area contributed by atoms with Gasteiger partial charge in [0.15, 0.2) is 6.29 Å². The average molecular weight is 1250 g/mol. The molecule has 6 N–H and O–H groups in total. The van der Waals surface area contributed by atoms with E-state index in [9.17, 15) is 35.1 Å². The van der Waals surface area contributed by atoms with E-state index in [0.29, 0.717) is 19.4 Å². The summed E-state index contributed by atoms with van der Waals surface area (Å²) < 4.78 is 16.7. The van der Waals surface area contributed by atoms with Crippen LogP contribution in [-0.4, -0.2) is 100 Å². The third kappa shape index (κ3) is 55.0. The SMILES string of the molecule is CC/C=C/CC/C=C/CC/C=C/C(O)C(COC1OC(CO)C(O)C(O)C1O)NC(=O)CCCCCCCCCCCCCCCCCCC/C=C\C/C=C\CCCCCCCCCCCCCOC(=O)CCCCCCC/C=C\C/C=C\CCCCCC. The largest absolute Gasteiger partial charge is 0.466 e. The molecule has 1 fully saturated rings. The van der Waals surface area contributed by atoms with E-state index in [-0.39, 0.29) is 18.5 Å². The van der Waals surface area contributed by atoms with Crippen LogP contribution in [-0.2, 0) is 23.8 Å². The molecule has 0 saturated carbocycles. The van der Waals surface area contributed by atoms with Crippen LogP contribution in [0.2, 0.25) is 0 Å². The summed E-state index contributed by atoms with van der Waals surface area (Å²) in [6, 6.07) is -0.834. The number of hydrogen-bond acceptors (Lipinski definition) is 10. The van der Waals surface area contributed by atoms with Gasteiger partial charge < -0.3 is 45.1 Å². The van der Waals surface area contributed by atoms with Crippen LogP contribution in [0.3, 0.4) is 0 Å². The summed E-state index contributed by atoms with van der Waals surface area (Å²) in [6.45, 7) is 4.19. The van der Waals surface area contributed by atoms with E-state index in [1.54, 1.807) is 6.08 Å². The summed E-state index contributed by atoms with van der Waals surface area (Å²) in [6.07, 6.45) is 81.9. The van der Waals surface area contributed by atoms with Crippen molar-refractivity contribution in [2.24, 2.45) is 0 Å². The van der Waals surface area contributed by atoms with Crippen molar-refractivity contribution in [3.05, 3.63) is 85.1 Å². The average Bonchev–Trinajstić information content (AvgIpc) is 1.60. The van der Waals surface area contributed by atoms with E-state index < -0.39 is 49.5 Å². The van der Waals surface area contributed by atoms with Crippen molar-refractivity contribution >= 4 is 11.9 Å². The fourth-order valence-electron chi connectivity index (χ4n) is 11.4. The quantitative estimate of drug-likeness (QED) is 0.0195. The molecule has 0 aromatic carbocycles. The number of aliphatic hydroxyl groups excluding tert-OH is 5. The first kappa shape index (κ1) is 83.9. The van der Waals surface area contributed by atoms with Gasteiger partial charge in [0.25, 0.3) is 0 Å². The van der Waals surface area contributed by atoms with Gasteiger partial charge in [0.1, 0.15) is 24.4 Å². The molecule has 0 spiro atoms. The Kier molecular flexibility index (Phi) is 62.5. The molecular weight excluding hydrogens is 1110 g/mol. The zero-order chi connectivity index (χ0) is 64.4. The monoisotopic (exact) mass is 1250 g/mol. The number of aliphatic hydroxyl groups is 5. The molecule has 11 nitrogen and oxygen atoms in total. The van der Waals surface area contributed by atoms with Crippen LogP contribution in [0.4, 0.5) is 0 Å². The molecule has 0 aromatic heterocycles. The van der Waals surface area contributed by atoms with E-state index >= 15 is 0 Å². The van der Waals surface area contributed by atoms with E-state index in [1.165, 1.54) is 225 Å². The van der Waals surface area contributed by atoms with Crippen molar-refractivity contribution in [3.63, 3.8) is 0 Å². The molecule has 7 unspecified atom stereocenters. The highest BCUT2D eigenvalue weighted by Crippen LogP contribution is 2.23. The Balaban J connectivity index is 1.91. The first-order chi connectivity index (χ1) is 43.7. The fourth-order valence-corrected chi connectivity index (χ4v) is 11.4. The number of esters is 1. The van der Waals surface area contributed by atoms with Gasteiger partial charge in [-0.2, -0.15) is 0 Å². The van der Waals surface area contributed by atoms with Crippen molar-refractivity contribution in [1.82, 2.24) is 5.32 Å². The predicted octanol–water partition coefficient (Wildman–Crippen LogP) is 19.6. The van der Waals surface area contributed by atoms with Crippen molar-refractivity contribution in [2.45, 2.75) is 378 Å². The molecular formula is C78H139NO10. The standard InChI is InChI=1S/C78H139NO10/c1-3-5-7-9-11-13-15-16-17-40-43-46-50-54-58-62-66-74(83)87-67-63-59-55-51-47-44-41-38-36-34-32-30-28-26-24-22-20-18-19-21-23-25-27-29-31-33-35-37-39-42-45-49-53-57-61-65-73(82)79-70(69-88-78-77(86)76(85)75(84)72(68-80)89-78)71(81)64-60-56-52-48-14-12-10-8-6-4-2/h6,8,13-15,17,20,22,26,28,40,48,60,64,70-72,75-78,80-81,84-86H,3-5,7,9-12,16,18-19,21,23-25,27,29-39,41-47,49-59,61-63,65-69H2,1-2H3,(H,79,82)/b8-6+,15-13-,22-20-,28-26-,40-17-,48-14+,64-60+. The number of carbonyl (C=O) groups excluding carboxylic acids is 2. The van der Waals surface area contributed by atoms with Crippen LogP contribution >= 0.6 is 0 Å². The number of rotatable bonds is 65. The molecule has 0 radical (unpaired) electrons. The van der Waals surface area contributed by atoms with Gasteiger partial charge in [0.2, 0.25) is 5.91 Å². The molecule has 1 saturated heterocycles. The molecule has 1 aliphatic heterocycles. The van der Waals surface area contributed by atoms with E-state index in [1.807, 2.05) is 6.08 Å². The van der Waals surface area contributed by atoms with Gasteiger partial charge in [-0.15, -0.1) is 0 Å². The highest BCUT2D eigenvalue weighted by atomic mass is 16.7. The third-order valence-corrected chi connectivity index (χ3v) is 17.2. The van der Waals surface area contributed by atoms with Crippen molar-refractivity contribution in [1.29, 1.82) is 0 Å². The first-order valence-corrected chi connectivity index (χ1v) is 37.4. The lowest BCUT2D eigenvalue weighted by Crippen LogP contribution is -2.60. The summed E-state index contributed by atoms with van der Waals surface area (Å²) in [7, 11) is 0. The minimum atomic E-state index is -1.58. The molecule has 89 heavy (non-hydrogen) atoms. The number of amides is 1. The lowest BCUT2D eigenvalue weighted by molar-refractivity contribution is -0.302. The maximum atomic E-state index is 13.0. The van der Waals surface area contributed by atoms with Crippen molar-refractivity contribution < 1.29 is 49.3 Å². The van der Waals surface area contributed by atoms with E-state index in [0.717, 1.165) is 83.5 Å². The van der Waals surface area contributed by atoms with Gasteiger partial charge in [-0.3, -0.25) is 9.59 Å². The molecule has 1 aliphatic rings. The molecule has 0 aromatic rings. The van der Waals surface area contributed by atoms with Gasteiger partial charge in [-0.25, -0.2) is 0 Å². The van der Waals surface area contributed by atoms with Crippen molar-refractivity contribution in [3.8, 4) is 0 Å². The van der Waals surface area contributed by atoms with E-state index in [4.69, 9.17) is 14.2 Å².